The fourth-order valence-corrected chi connectivity index (χ4v) is 3.05. The number of carboxylic acid groups (broad SMARTS) is 1. The summed E-state index contributed by atoms with van der Waals surface area (Å²) in [6.07, 6.45) is -9.67. The molecule has 3 aromatic carbocycles. The number of halogens is 6. The normalized spacial score (nSPS) is 11.3. The Morgan fingerprint density at radius 2 is 1.60 bits per heavy atom. The van der Waals surface area contributed by atoms with Crippen LogP contribution in [-0.4, -0.2) is 34.1 Å². The first kappa shape index (κ1) is 29.6. The third-order valence-electron chi connectivity index (χ3n) is 4.83. The van der Waals surface area contributed by atoms with E-state index in [0.29, 0.717) is 23.7 Å². The quantitative estimate of drug-likeness (QED) is 0.264. The summed E-state index contributed by atoms with van der Waals surface area (Å²) in [7, 11) is 1.35. The molecule has 0 aliphatic heterocycles. The van der Waals surface area contributed by atoms with E-state index in [0.717, 1.165) is 22.4 Å². The minimum atomic E-state index is -5.08. The van der Waals surface area contributed by atoms with Gasteiger partial charge in [0.15, 0.2) is 0 Å². The van der Waals surface area contributed by atoms with Crippen LogP contribution in [0.1, 0.15) is 11.1 Å². The van der Waals surface area contributed by atoms with Crippen LogP contribution < -0.4 is 20.5 Å². The minimum absolute atomic E-state index is 0.0936. The highest BCUT2D eigenvalue weighted by Crippen LogP contribution is 2.33. The topological polar surface area (TPSA) is 116 Å². The van der Waals surface area contributed by atoms with Gasteiger partial charge in [-0.2, -0.15) is 31.0 Å². The molecule has 0 saturated heterocycles. The standard InChI is InChI=1S/C23H18F3N3O4.C2HF3O2/c1-31-21-28-29(22(30)33-21)18-8-4-7-17(13-18)27-14-15-5-2-9-19(11-15)32-20-10-3-6-16(12-20)23(24,25)26;3-2(4,5)1(6)7/h2-13,27H,14H2,1H3;(H,6,7). The molecule has 4 aromatic rings. The van der Waals surface area contributed by atoms with E-state index in [2.05, 4.69) is 10.4 Å². The molecule has 0 radical (unpaired) electrons. The number of nitrogens with zero attached hydrogens (tertiary/aromatic N) is 2. The maximum Gasteiger partial charge on any atom is 0.490 e. The summed E-state index contributed by atoms with van der Waals surface area (Å²) in [6, 6.07) is 18.7. The number of carboxylic acids is 1. The van der Waals surface area contributed by atoms with Crippen LogP contribution in [0.25, 0.3) is 5.69 Å². The number of anilines is 1. The molecular weight excluding hydrogens is 552 g/mol. The lowest BCUT2D eigenvalue weighted by Crippen LogP contribution is -2.21. The first-order valence-electron chi connectivity index (χ1n) is 11.0. The average molecular weight is 571 g/mol. The maximum atomic E-state index is 12.9. The van der Waals surface area contributed by atoms with Crippen LogP contribution >= 0.6 is 0 Å². The molecule has 1 heterocycles. The Kier molecular flexibility index (Phi) is 9.08. The van der Waals surface area contributed by atoms with Crippen LogP contribution in [-0.2, 0) is 17.5 Å². The van der Waals surface area contributed by atoms with Gasteiger partial charge < -0.3 is 24.3 Å². The van der Waals surface area contributed by atoms with Crippen LogP contribution in [0.15, 0.2) is 82.0 Å². The van der Waals surface area contributed by atoms with Gasteiger partial charge in [-0.3, -0.25) is 0 Å². The number of ether oxygens (including phenoxy) is 2. The molecule has 0 bridgehead atoms. The van der Waals surface area contributed by atoms with E-state index in [9.17, 15) is 31.1 Å². The number of methoxy groups -OCH3 is 1. The lowest BCUT2D eigenvalue weighted by atomic mass is 10.2. The number of carbonyl (C=O) groups is 1. The molecular formula is C25H19F6N3O6. The zero-order chi connectivity index (χ0) is 29.5. The monoisotopic (exact) mass is 571 g/mol. The Morgan fingerprint density at radius 3 is 2.20 bits per heavy atom. The number of hydrogen-bond acceptors (Lipinski definition) is 7. The van der Waals surface area contributed by atoms with Gasteiger partial charge in [-0.05, 0) is 54.1 Å². The summed E-state index contributed by atoms with van der Waals surface area (Å²) in [5.41, 5.74) is 1.26. The third-order valence-corrected chi connectivity index (χ3v) is 4.83. The molecule has 212 valence electrons. The molecule has 9 nitrogen and oxygen atoms in total. The molecule has 0 saturated carbocycles. The lowest BCUT2D eigenvalue weighted by Gasteiger charge is -2.12. The third kappa shape index (κ3) is 8.28. The van der Waals surface area contributed by atoms with Gasteiger partial charge in [0.2, 0.25) is 0 Å². The van der Waals surface area contributed by atoms with Crippen molar-refractivity contribution in [1.82, 2.24) is 9.78 Å². The summed E-state index contributed by atoms with van der Waals surface area (Å²) in [5, 5.41) is 14.3. The van der Waals surface area contributed by atoms with Gasteiger partial charge >= 0.3 is 30.2 Å². The number of aliphatic carboxylic acids is 1. The number of benzene rings is 3. The van der Waals surface area contributed by atoms with Crippen LogP contribution in [0.4, 0.5) is 32.0 Å². The second-order valence-corrected chi connectivity index (χ2v) is 7.73. The van der Waals surface area contributed by atoms with Crippen LogP contribution in [0, 0.1) is 0 Å². The summed E-state index contributed by atoms with van der Waals surface area (Å²) in [6.45, 7) is 0.403. The number of hydrogen-bond donors (Lipinski definition) is 2. The molecule has 0 amide bonds. The Morgan fingerprint density at radius 1 is 0.975 bits per heavy atom. The van der Waals surface area contributed by atoms with E-state index in [1.165, 1.54) is 19.2 Å². The molecule has 0 aliphatic carbocycles. The van der Waals surface area contributed by atoms with Crippen molar-refractivity contribution in [1.29, 1.82) is 0 Å². The van der Waals surface area contributed by atoms with Gasteiger partial charge in [0.25, 0.3) is 0 Å². The highest BCUT2D eigenvalue weighted by atomic mass is 19.4. The molecule has 4 rings (SSSR count). The van der Waals surface area contributed by atoms with E-state index in [4.69, 9.17) is 23.8 Å². The van der Waals surface area contributed by atoms with Gasteiger partial charge in [0.1, 0.15) is 11.5 Å². The minimum Gasteiger partial charge on any atom is -0.475 e. The predicted molar refractivity (Wildman–Crippen MR) is 128 cm³/mol. The lowest BCUT2D eigenvalue weighted by molar-refractivity contribution is -0.192. The predicted octanol–water partition coefficient (Wildman–Crippen LogP) is 5.89. The second kappa shape index (κ2) is 12.3. The smallest absolute Gasteiger partial charge is 0.475 e. The largest absolute Gasteiger partial charge is 0.490 e. The summed E-state index contributed by atoms with van der Waals surface area (Å²) in [5.74, 6) is -2.93. The van der Waals surface area contributed by atoms with Crippen molar-refractivity contribution in [2.75, 3.05) is 12.4 Å². The Hall–Kier alpha value is -4.95. The molecule has 15 heteroatoms. The molecule has 40 heavy (non-hydrogen) atoms. The highest BCUT2D eigenvalue weighted by molar-refractivity contribution is 5.73. The SMILES string of the molecule is COc1nn(-c2cccc(NCc3cccc(Oc4cccc(C(F)(F)F)c4)c3)c2)c(=O)o1.O=C(O)C(F)(F)F. The average Bonchev–Trinajstić information content (AvgIpc) is 3.28. The van der Waals surface area contributed by atoms with E-state index in [1.807, 2.05) is 12.1 Å². The zero-order valence-corrected chi connectivity index (χ0v) is 20.3. The van der Waals surface area contributed by atoms with Gasteiger partial charge in [0, 0.05) is 12.2 Å². The molecule has 2 N–H and O–H groups in total. The molecule has 0 atom stereocenters. The molecule has 1 aromatic heterocycles. The highest BCUT2D eigenvalue weighted by Gasteiger charge is 2.38. The van der Waals surface area contributed by atoms with E-state index in [-0.39, 0.29) is 11.8 Å². The second-order valence-electron chi connectivity index (χ2n) is 7.73. The first-order chi connectivity index (χ1) is 18.8. The Bertz CT molecular complexity index is 1510. The molecule has 0 aliphatic rings. The fourth-order valence-electron chi connectivity index (χ4n) is 3.05. The molecule has 0 unspecified atom stereocenters. The van der Waals surface area contributed by atoms with E-state index in [1.54, 1.807) is 36.4 Å². The van der Waals surface area contributed by atoms with Gasteiger partial charge in [-0.25, -0.2) is 9.59 Å². The van der Waals surface area contributed by atoms with Gasteiger partial charge in [-0.1, -0.05) is 29.4 Å². The Balaban J connectivity index is 0.000000559. The number of rotatable bonds is 7. The van der Waals surface area contributed by atoms with Crippen molar-refractivity contribution < 1.29 is 50.1 Å². The van der Waals surface area contributed by atoms with E-state index >= 15 is 0 Å². The Labute approximate surface area is 221 Å². The van der Waals surface area contributed by atoms with Crippen LogP contribution in [0.2, 0.25) is 0 Å². The summed E-state index contributed by atoms with van der Waals surface area (Å²) in [4.78, 5) is 20.8. The zero-order valence-electron chi connectivity index (χ0n) is 20.3. The van der Waals surface area contributed by atoms with Crippen molar-refractivity contribution in [3.8, 4) is 23.3 Å². The van der Waals surface area contributed by atoms with Crippen molar-refractivity contribution in [2.24, 2.45) is 0 Å². The fraction of sp³-hybridized carbons (Fsp3) is 0.160. The number of aromatic nitrogens is 2. The summed E-state index contributed by atoms with van der Waals surface area (Å²) >= 11 is 0. The van der Waals surface area contributed by atoms with Crippen molar-refractivity contribution in [2.45, 2.75) is 18.9 Å². The van der Waals surface area contributed by atoms with Gasteiger partial charge in [-0.15, -0.1) is 0 Å². The van der Waals surface area contributed by atoms with Crippen LogP contribution in [0.5, 0.6) is 17.6 Å². The van der Waals surface area contributed by atoms with Gasteiger partial charge in [0.05, 0.1) is 18.4 Å². The first-order valence-corrected chi connectivity index (χ1v) is 11.0. The molecule has 0 spiro atoms. The van der Waals surface area contributed by atoms with Crippen molar-refractivity contribution in [3.63, 3.8) is 0 Å². The number of nitrogens with one attached hydrogen (secondary N) is 1. The van der Waals surface area contributed by atoms with E-state index < -0.39 is 29.6 Å². The number of alkyl halides is 6. The summed E-state index contributed by atoms with van der Waals surface area (Å²) < 4.78 is 86.8. The maximum absolute atomic E-state index is 12.9. The molecule has 0 fully saturated rings. The van der Waals surface area contributed by atoms with Crippen molar-refractivity contribution in [3.05, 3.63) is 94.5 Å². The van der Waals surface area contributed by atoms with Crippen molar-refractivity contribution >= 4 is 11.7 Å². The van der Waals surface area contributed by atoms with Crippen LogP contribution in [0.3, 0.4) is 0 Å².